The summed E-state index contributed by atoms with van der Waals surface area (Å²) in [6.07, 6.45) is 4.28. The average molecular weight is 374 g/mol. The monoisotopic (exact) mass is 373 g/mol. The van der Waals surface area contributed by atoms with Crippen molar-refractivity contribution < 1.29 is 4.79 Å². The number of hydrogen-bond acceptors (Lipinski definition) is 4. The van der Waals surface area contributed by atoms with E-state index < -0.39 is 0 Å². The lowest BCUT2D eigenvalue weighted by Gasteiger charge is -2.20. The van der Waals surface area contributed by atoms with E-state index in [2.05, 4.69) is 19.2 Å². The van der Waals surface area contributed by atoms with Gasteiger partial charge in [-0.3, -0.25) is 14.2 Å². The van der Waals surface area contributed by atoms with Gasteiger partial charge in [0.1, 0.15) is 0 Å². The number of thioether (sulfide) groups is 1. The molecule has 6 heteroatoms. The van der Waals surface area contributed by atoms with Crippen LogP contribution >= 0.6 is 11.8 Å². The molecule has 5 nitrogen and oxygen atoms in total. The van der Waals surface area contributed by atoms with Gasteiger partial charge in [0.15, 0.2) is 5.16 Å². The first-order valence-electron chi connectivity index (χ1n) is 9.43. The van der Waals surface area contributed by atoms with Crippen molar-refractivity contribution in [3.63, 3.8) is 0 Å². The van der Waals surface area contributed by atoms with Crippen LogP contribution in [0.4, 0.5) is 0 Å². The van der Waals surface area contributed by atoms with E-state index in [-0.39, 0.29) is 22.8 Å². The smallest absolute Gasteiger partial charge is 0.262 e. The van der Waals surface area contributed by atoms with Gasteiger partial charge in [-0.25, -0.2) is 4.98 Å². The van der Waals surface area contributed by atoms with Crippen molar-refractivity contribution in [3.05, 3.63) is 34.6 Å². The fraction of sp³-hybridized carbons (Fsp3) is 0.550. The molecule has 0 saturated heterocycles. The van der Waals surface area contributed by atoms with Crippen LogP contribution in [0, 0.1) is 5.92 Å². The number of hydrogen-bond donors (Lipinski definition) is 1. The molecule has 1 aromatic carbocycles. The highest BCUT2D eigenvalue weighted by Gasteiger charge is 2.25. The summed E-state index contributed by atoms with van der Waals surface area (Å²) in [5.74, 6) is 0.399. The highest BCUT2D eigenvalue weighted by Crippen LogP contribution is 2.33. The van der Waals surface area contributed by atoms with Gasteiger partial charge in [0.05, 0.1) is 16.2 Å². The van der Waals surface area contributed by atoms with Crippen LogP contribution in [0.5, 0.6) is 0 Å². The van der Waals surface area contributed by atoms with Crippen LogP contribution in [0.3, 0.4) is 0 Å². The number of benzene rings is 1. The Kier molecular flexibility index (Phi) is 6.01. The lowest BCUT2D eigenvalue weighted by atomic mass is 10.2. The molecular formula is C20H27N3O2S. The van der Waals surface area contributed by atoms with E-state index in [1.165, 1.54) is 11.8 Å². The van der Waals surface area contributed by atoms with Gasteiger partial charge in [0, 0.05) is 12.6 Å². The second kappa shape index (κ2) is 8.25. The molecule has 1 N–H and O–H groups in total. The van der Waals surface area contributed by atoms with Crippen molar-refractivity contribution in [3.8, 4) is 0 Å². The fourth-order valence-corrected chi connectivity index (χ4v) is 4.36. The topological polar surface area (TPSA) is 64.0 Å². The SMILES string of the molecule is CC(C)CNC(=O)C(C)Sc1nc2ccccc2c(=O)n1C1CCCC1. The maximum atomic E-state index is 13.1. The van der Waals surface area contributed by atoms with Crippen molar-refractivity contribution in [1.29, 1.82) is 0 Å². The molecule has 3 rings (SSSR count). The van der Waals surface area contributed by atoms with Gasteiger partial charge in [0.25, 0.3) is 5.56 Å². The van der Waals surface area contributed by atoms with Crippen LogP contribution in [0.15, 0.2) is 34.2 Å². The zero-order valence-corrected chi connectivity index (χ0v) is 16.5. The van der Waals surface area contributed by atoms with E-state index in [1.807, 2.05) is 35.8 Å². The van der Waals surface area contributed by atoms with Gasteiger partial charge in [-0.1, -0.05) is 50.6 Å². The van der Waals surface area contributed by atoms with Gasteiger partial charge >= 0.3 is 0 Å². The number of carbonyl (C=O) groups excluding carboxylic acids is 1. The normalized spacial score (nSPS) is 16.3. The minimum Gasteiger partial charge on any atom is -0.355 e. The zero-order chi connectivity index (χ0) is 18.7. The number of amides is 1. The van der Waals surface area contributed by atoms with Crippen LogP contribution in [-0.2, 0) is 4.79 Å². The predicted molar refractivity (Wildman–Crippen MR) is 107 cm³/mol. The molecule has 1 atom stereocenters. The molecule has 1 saturated carbocycles. The number of para-hydroxylation sites is 1. The zero-order valence-electron chi connectivity index (χ0n) is 15.7. The largest absolute Gasteiger partial charge is 0.355 e. The van der Waals surface area contributed by atoms with Crippen LogP contribution < -0.4 is 10.9 Å². The highest BCUT2D eigenvalue weighted by atomic mass is 32.2. The first kappa shape index (κ1) is 19.0. The molecule has 2 aromatic rings. The van der Waals surface area contributed by atoms with Crippen molar-refractivity contribution in [2.45, 2.75) is 62.9 Å². The molecule has 1 aliphatic rings. The summed E-state index contributed by atoms with van der Waals surface area (Å²) < 4.78 is 1.84. The average Bonchev–Trinajstić information content (AvgIpc) is 3.14. The first-order valence-corrected chi connectivity index (χ1v) is 10.3. The molecule has 1 aliphatic carbocycles. The summed E-state index contributed by atoms with van der Waals surface area (Å²) in [6.45, 7) is 6.67. The second-order valence-electron chi connectivity index (χ2n) is 7.42. The molecule has 1 heterocycles. The third-order valence-corrected chi connectivity index (χ3v) is 5.87. The number of carbonyl (C=O) groups is 1. The summed E-state index contributed by atoms with van der Waals surface area (Å²) in [5.41, 5.74) is 0.712. The predicted octanol–water partition coefficient (Wildman–Crippen LogP) is 3.76. The van der Waals surface area contributed by atoms with Gasteiger partial charge in [0.2, 0.25) is 5.91 Å². The van der Waals surface area contributed by atoms with Crippen LogP contribution in [0.25, 0.3) is 10.9 Å². The molecule has 0 spiro atoms. The van der Waals surface area contributed by atoms with Crippen LogP contribution in [-0.4, -0.2) is 27.3 Å². The Morgan fingerprint density at radius 1 is 1.27 bits per heavy atom. The standard InChI is InChI=1S/C20H27N3O2S/c1-13(2)12-21-18(24)14(3)26-20-22-17-11-7-6-10-16(17)19(25)23(20)15-8-4-5-9-15/h6-7,10-11,13-15H,4-5,8-9,12H2,1-3H3,(H,21,24). The molecule has 1 aromatic heterocycles. The highest BCUT2D eigenvalue weighted by molar-refractivity contribution is 8.00. The van der Waals surface area contributed by atoms with E-state index in [9.17, 15) is 9.59 Å². The fourth-order valence-electron chi connectivity index (χ4n) is 3.35. The number of rotatable bonds is 6. The molecule has 1 unspecified atom stereocenters. The number of fused-ring (bicyclic) bond motifs is 1. The van der Waals surface area contributed by atoms with E-state index in [1.54, 1.807) is 0 Å². The molecule has 1 fully saturated rings. The minimum atomic E-state index is -0.297. The third kappa shape index (κ3) is 4.11. The molecule has 0 bridgehead atoms. The number of nitrogens with one attached hydrogen (secondary N) is 1. The molecule has 0 aliphatic heterocycles. The number of aromatic nitrogens is 2. The number of nitrogens with zero attached hydrogens (tertiary/aromatic N) is 2. The van der Waals surface area contributed by atoms with Gasteiger partial charge in [-0.2, -0.15) is 0 Å². The van der Waals surface area contributed by atoms with Gasteiger partial charge < -0.3 is 5.32 Å². The maximum absolute atomic E-state index is 13.1. The van der Waals surface area contributed by atoms with E-state index in [0.29, 0.717) is 28.5 Å². The Morgan fingerprint density at radius 2 is 1.96 bits per heavy atom. The lowest BCUT2D eigenvalue weighted by Crippen LogP contribution is -2.34. The molecule has 140 valence electrons. The lowest BCUT2D eigenvalue weighted by molar-refractivity contribution is -0.120. The molecular weight excluding hydrogens is 346 g/mol. The Morgan fingerprint density at radius 3 is 2.65 bits per heavy atom. The summed E-state index contributed by atoms with van der Waals surface area (Å²) in [5, 5.41) is 3.98. The van der Waals surface area contributed by atoms with Crippen molar-refractivity contribution in [2.24, 2.45) is 5.92 Å². The van der Waals surface area contributed by atoms with Gasteiger partial charge in [-0.05, 0) is 37.8 Å². The Hall–Kier alpha value is -1.82. The minimum absolute atomic E-state index is 0.0101. The molecule has 0 radical (unpaired) electrons. The first-order chi connectivity index (χ1) is 12.5. The maximum Gasteiger partial charge on any atom is 0.262 e. The summed E-state index contributed by atoms with van der Waals surface area (Å²) in [6, 6.07) is 7.65. The van der Waals surface area contributed by atoms with E-state index in [0.717, 1.165) is 25.7 Å². The quantitative estimate of drug-likeness (QED) is 0.618. The summed E-state index contributed by atoms with van der Waals surface area (Å²) in [7, 11) is 0. The Labute approximate surface area is 158 Å². The Balaban J connectivity index is 1.94. The summed E-state index contributed by atoms with van der Waals surface area (Å²) in [4.78, 5) is 30.2. The molecule has 1 amide bonds. The summed E-state index contributed by atoms with van der Waals surface area (Å²) >= 11 is 1.39. The van der Waals surface area contributed by atoms with Gasteiger partial charge in [-0.15, -0.1) is 0 Å². The van der Waals surface area contributed by atoms with E-state index in [4.69, 9.17) is 4.98 Å². The van der Waals surface area contributed by atoms with E-state index >= 15 is 0 Å². The Bertz CT molecular complexity index is 841. The van der Waals surface area contributed by atoms with Crippen LogP contribution in [0.2, 0.25) is 0 Å². The van der Waals surface area contributed by atoms with Crippen molar-refractivity contribution in [2.75, 3.05) is 6.54 Å². The molecule has 26 heavy (non-hydrogen) atoms. The van der Waals surface area contributed by atoms with Crippen molar-refractivity contribution in [1.82, 2.24) is 14.9 Å². The van der Waals surface area contributed by atoms with Crippen LogP contribution in [0.1, 0.15) is 52.5 Å². The third-order valence-electron chi connectivity index (χ3n) is 4.80. The second-order valence-corrected chi connectivity index (χ2v) is 8.73. The van der Waals surface area contributed by atoms with Crippen molar-refractivity contribution >= 4 is 28.6 Å².